The minimum atomic E-state index is 1.20. The summed E-state index contributed by atoms with van der Waals surface area (Å²) in [6.45, 7) is 9.37. The minimum Gasteiger partial charge on any atom is -0.234 e. The van der Waals surface area contributed by atoms with Crippen LogP contribution in [0.5, 0.6) is 0 Å². The standard InChI is InChI=1S/C39H77N2/c1-4-7-10-12-14-16-18-20-21-22-23-25-27-29-31-33-36-41-38-37-40(35-9-6-3)39(41)34-32-30-28-26-24-19-17-15-13-11-8-5-2/h37-38H,4-36H2,1-3H3/q+1. The van der Waals surface area contributed by atoms with Crippen molar-refractivity contribution in [3.05, 3.63) is 18.2 Å². The Balaban J connectivity index is 2.08. The molecule has 1 aromatic heterocycles. The van der Waals surface area contributed by atoms with E-state index in [-0.39, 0.29) is 0 Å². The molecule has 0 saturated carbocycles. The van der Waals surface area contributed by atoms with Gasteiger partial charge in [0.25, 0.3) is 5.82 Å². The van der Waals surface area contributed by atoms with Gasteiger partial charge in [-0.25, -0.2) is 9.13 Å². The minimum absolute atomic E-state index is 1.20. The molecule has 242 valence electrons. The van der Waals surface area contributed by atoms with E-state index >= 15 is 0 Å². The number of aromatic nitrogens is 2. The molecule has 1 aromatic rings. The first kappa shape index (κ1) is 38.2. The SMILES string of the molecule is CCCCCCCCCCCCCCCCCC[n+]1ccn(CCCC)c1CCCCCCCCCCCCCC. The molecule has 2 heteroatoms. The van der Waals surface area contributed by atoms with E-state index in [1.54, 1.807) is 5.82 Å². The van der Waals surface area contributed by atoms with E-state index in [1.807, 2.05) is 0 Å². The summed E-state index contributed by atoms with van der Waals surface area (Å²) in [5.74, 6) is 1.60. The van der Waals surface area contributed by atoms with E-state index in [1.165, 1.54) is 212 Å². The molecule has 1 heterocycles. The van der Waals surface area contributed by atoms with Gasteiger partial charge in [-0.2, -0.15) is 0 Å². The molecule has 0 aromatic carbocycles. The number of imidazole rings is 1. The van der Waals surface area contributed by atoms with E-state index < -0.39 is 0 Å². The average molecular weight is 574 g/mol. The lowest BCUT2D eigenvalue weighted by molar-refractivity contribution is -0.704. The topological polar surface area (TPSA) is 8.81 Å². The summed E-state index contributed by atoms with van der Waals surface area (Å²) in [6.07, 6.45) is 49.0. The maximum atomic E-state index is 2.61. The third-order valence-electron chi connectivity index (χ3n) is 9.35. The molecule has 0 bridgehead atoms. The lowest BCUT2D eigenvalue weighted by atomic mass is 10.0. The molecule has 0 atom stereocenters. The van der Waals surface area contributed by atoms with E-state index in [2.05, 4.69) is 42.3 Å². The summed E-state index contributed by atoms with van der Waals surface area (Å²) >= 11 is 0. The Bertz CT molecular complexity index is 634. The highest BCUT2D eigenvalue weighted by Crippen LogP contribution is 2.15. The molecule has 0 radical (unpaired) electrons. The average Bonchev–Trinajstić information content (AvgIpc) is 3.37. The van der Waals surface area contributed by atoms with Crippen molar-refractivity contribution in [3.8, 4) is 0 Å². The van der Waals surface area contributed by atoms with Crippen LogP contribution >= 0.6 is 0 Å². The number of aryl methyl sites for hydroxylation is 2. The van der Waals surface area contributed by atoms with Gasteiger partial charge in [-0.3, -0.25) is 0 Å². The van der Waals surface area contributed by atoms with E-state index in [0.29, 0.717) is 0 Å². The Morgan fingerprint density at radius 3 is 1.15 bits per heavy atom. The van der Waals surface area contributed by atoms with Gasteiger partial charge in [-0.1, -0.05) is 188 Å². The fraction of sp³-hybridized carbons (Fsp3) is 0.923. The number of hydrogen-bond donors (Lipinski definition) is 0. The zero-order valence-corrected chi connectivity index (χ0v) is 28.9. The summed E-state index contributed by atoms with van der Waals surface area (Å²) in [6, 6.07) is 0. The van der Waals surface area contributed by atoms with Crippen LogP contribution in [0, 0.1) is 0 Å². The van der Waals surface area contributed by atoms with Gasteiger partial charge >= 0.3 is 0 Å². The first-order valence-electron chi connectivity index (χ1n) is 19.4. The van der Waals surface area contributed by atoms with Crippen molar-refractivity contribution < 1.29 is 4.57 Å². The van der Waals surface area contributed by atoms with Gasteiger partial charge in [0.2, 0.25) is 0 Å². The molecule has 2 nitrogen and oxygen atoms in total. The maximum absolute atomic E-state index is 2.61. The molecular formula is C39H77N2+. The highest BCUT2D eigenvalue weighted by Gasteiger charge is 2.16. The highest BCUT2D eigenvalue weighted by molar-refractivity contribution is 4.84. The van der Waals surface area contributed by atoms with Crippen molar-refractivity contribution in [3.63, 3.8) is 0 Å². The number of hydrogen-bond acceptors (Lipinski definition) is 0. The molecule has 0 aliphatic carbocycles. The molecule has 0 amide bonds. The van der Waals surface area contributed by atoms with E-state index in [0.717, 1.165) is 0 Å². The second-order valence-electron chi connectivity index (χ2n) is 13.4. The second-order valence-corrected chi connectivity index (χ2v) is 13.4. The second kappa shape index (κ2) is 30.7. The zero-order chi connectivity index (χ0) is 29.5. The van der Waals surface area contributed by atoms with E-state index in [4.69, 9.17) is 0 Å². The maximum Gasteiger partial charge on any atom is 0.256 e. The molecule has 0 N–H and O–H groups in total. The summed E-state index contributed by atoms with van der Waals surface area (Å²) in [4.78, 5) is 0. The van der Waals surface area contributed by atoms with Crippen LogP contribution in [0.1, 0.15) is 219 Å². The van der Waals surface area contributed by atoms with Gasteiger partial charge in [0.15, 0.2) is 0 Å². The first-order chi connectivity index (χ1) is 20.3. The Kier molecular flexibility index (Phi) is 28.6. The number of unbranched alkanes of at least 4 members (excludes halogenated alkanes) is 27. The highest BCUT2D eigenvalue weighted by atomic mass is 15.1. The predicted octanol–water partition coefficient (Wildman–Crippen LogP) is 13.1. The third kappa shape index (κ3) is 23.4. The molecule has 0 aliphatic rings. The third-order valence-corrected chi connectivity index (χ3v) is 9.35. The summed E-state index contributed by atoms with van der Waals surface area (Å²) < 4.78 is 5.19. The van der Waals surface area contributed by atoms with Crippen molar-refractivity contribution in [1.82, 2.24) is 4.57 Å². The van der Waals surface area contributed by atoms with Crippen molar-refractivity contribution in [2.75, 3.05) is 0 Å². The van der Waals surface area contributed by atoms with Crippen molar-refractivity contribution in [1.29, 1.82) is 0 Å². The van der Waals surface area contributed by atoms with Crippen LogP contribution in [0.2, 0.25) is 0 Å². The van der Waals surface area contributed by atoms with Crippen molar-refractivity contribution >= 4 is 0 Å². The Labute approximate surface area is 259 Å². The molecule has 0 unspecified atom stereocenters. The van der Waals surface area contributed by atoms with Crippen LogP contribution < -0.4 is 4.57 Å². The summed E-state index contributed by atoms with van der Waals surface area (Å²) in [5, 5.41) is 0. The Hall–Kier alpha value is -0.790. The van der Waals surface area contributed by atoms with Crippen LogP contribution in [0.15, 0.2) is 12.4 Å². The molecule has 0 aliphatic heterocycles. The van der Waals surface area contributed by atoms with Gasteiger partial charge in [0.05, 0.1) is 13.1 Å². The van der Waals surface area contributed by atoms with Crippen LogP contribution in [0.4, 0.5) is 0 Å². The fourth-order valence-corrected chi connectivity index (χ4v) is 6.48. The van der Waals surface area contributed by atoms with E-state index in [9.17, 15) is 0 Å². The quantitative estimate of drug-likeness (QED) is 0.0584. The lowest BCUT2D eigenvalue weighted by Gasteiger charge is -2.07. The fourth-order valence-electron chi connectivity index (χ4n) is 6.48. The van der Waals surface area contributed by atoms with Gasteiger partial charge in [0.1, 0.15) is 12.4 Å². The number of nitrogens with zero attached hydrogens (tertiary/aromatic N) is 2. The van der Waals surface area contributed by atoms with Crippen LogP contribution in [0.25, 0.3) is 0 Å². The Morgan fingerprint density at radius 1 is 0.415 bits per heavy atom. The zero-order valence-electron chi connectivity index (χ0n) is 28.9. The smallest absolute Gasteiger partial charge is 0.234 e. The van der Waals surface area contributed by atoms with Crippen LogP contribution in [0.3, 0.4) is 0 Å². The van der Waals surface area contributed by atoms with Crippen LogP contribution in [-0.2, 0) is 19.5 Å². The molecule has 1 rings (SSSR count). The molecule has 0 spiro atoms. The first-order valence-corrected chi connectivity index (χ1v) is 19.4. The molecule has 41 heavy (non-hydrogen) atoms. The van der Waals surface area contributed by atoms with Gasteiger partial charge in [0, 0.05) is 6.42 Å². The summed E-state index contributed by atoms with van der Waals surface area (Å²) in [7, 11) is 0. The largest absolute Gasteiger partial charge is 0.256 e. The normalized spacial score (nSPS) is 11.6. The van der Waals surface area contributed by atoms with Crippen LogP contribution in [-0.4, -0.2) is 4.57 Å². The summed E-state index contributed by atoms with van der Waals surface area (Å²) in [5.41, 5.74) is 0. The predicted molar refractivity (Wildman–Crippen MR) is 184 cm³/mol. The van der Waals surface area contributed by atoms with Gasteiger partial charge in [-0.15, -0.1) is 0 Å². The lowest BCUT2D eigenvalue weighted by Crippen LogP contribution is -2.37. The number of rotatable bonds is 33. The molecular weight excluding hydrogens is 496 g/mol. The van der Waals surface area contributed by atoms with Crippen molar-refractivity contribution in [2.24, 2.45) is 0 Å². The Morgan fingerprint density at radius 2 is 0.756 bits per heavy atom. The molecule has 0 saturated heterocycles. The monoisotopic (exact) mass is 574 g/mol. The van der Waals surface area contributed by atoms with Gasteiger partial charge in [-0.05, 0) is 25.7 Å². The van der Waals surface area contributed by atoms with Gasteiger partial charge < -0.3 is 0 Å². The molecule has 0 fully saturated rings. The van der Waals surface area contributed by atoms with Crippen molar-refractivity contribution in [2.45, 2.75) is 233 Å².